The molecule has 0 saturated heterocycles. The van der Waals surface area contributed by atoms with E-state index >= 15 is 0 Å². The number of alkyl carbamates (subject to hydrolysis) is 2. The molecule has 0 aromatic heterocycles. The molecule has 69 heavy (non-hydrogen) atoms. The molecule has 2 N–H and O–H groups in total. The van der Waals surface area contributed by atoms with Gasteiger partial charge in [-0.15, -0.1) is 0 Å². The Balaban J connectivity index is 0. The number of hydrogen-bond acceptors (Lipinski definition) is 18. The number of carbonyl (C=O) groups is 4. The molecule has 1 atom stereocenters. The smallest absolute Gasteiger partial charge is 0.462 e. The van der Waals surface area contributed by atoms with Crippen molar-refractivity contribution in [1.82, 2.24) is 10.6 Å². The molecule has 0 radical (unpaired) electrons. The van der Waals surface area contributed by atoms with Crippen LogP contribution in [0.15, 0.2) is 0 Å². The molecule has 2 amide bonds. The third-order valence-electron chi connectivity index (χ3n) is 9.73. The van der Waals surface area contributed by atoms with Crippen LogP contribution < -0.4 is 10.6 Å². The predicted molar refractivity (Wildman–Crippen MR) is 272 cm³/mol. The number of amides is 2. The van der Waals surface area contributed by atoms with Crippen molar-refractivity contribution in [1.29, 1.82) is 0 Å². The van der Waals surface area contributed by atoms with E-state index in [1.54, 1.807) is 6.92 Å². The highest BCUT2D eigenvalue weighted by Gasteiger charge is 2.40. The van der Waals surface area contributed by atoms with Crippen LogP contribution in [0.1, 0.15) is 128 Å². The van der Waals surface area contributed by atoms with Gasteiger partial charge >= 0.3 is 58.9 Å². The third-order valence-corrected chi connectivity index (χ3v) is 22.2. The number of nitrogens with one attached hydrogen (secondary N) is 2. The summed E-state index contributed by atoms with van der Waals surface area (Å²) in [6.45, 7) is 31.6. The van der Waals surface area contributed by atoms with Crippen LogP contribution in [-0.2, 0) is 72.8 Å². The second-order valence-electron chi connectivity index (χ2n) is 15.7. The number of esters is 2. The van der Waals surface area contributed by atoms with Crippen molar-refractivity contribution in [3.63, 3.8) is 0 Å². The SMILES string of the molecule is CCO[Si](C)(CCCCC(=O)OCC(C)OC(=O)NCCC[Si](OCC)(OCC)OCC)OCC.CCO[Si](C)(CCCCC(=O)OCCOC(=O)NCCC[Si](OCC)(OCC)OCC)OCC. The van der Waals surface area contributed by atoms with Crippen molar-refractivity contribution < 1.29 is 82.4 Å². The Morgan fingerprint density at radius 2 is 0.739 bits per heavy atom. The van der Waals surface area contributed by atoms with Crippen LogP contribution in [0.2, 0.25) is 37.3 Å². The Bertz CT molecular complexity index is 1250. The first kappa shape index (κ1) is 69.0. The van der Waals surface area contributed by atoms with Crippen LogP contribution in [0.4, 0.5) is 9.59 Å². The summed E-state index contributed by atoms with van der Waals surface area (Å²) in [4.78, 5) is 47.7. The van der Waals surface area contributed by atoms with E-state index in [1.165, 1.54) is 0 Å². The summed E-state index contributed by atoms with van der Waals surface area (Å²) in [6, 6.07) is 2.89. The summed E-state index contributed by atoms with van der Waals surface area (Å²) in [6.07, 6.45) is 3.35. The van der Waals surface area contributed by atoms with Crippen LogP contribution >= 0.6 is 0 Å². The number of unbranched alkanes of at least 4 members (excludes halogenated alkanes) is 2. The molecule has 0 rings (SSSR count). The van der Waals surface area contributed by atoms with Crippen LogP contribution in [0.25, 0.3) is 0 Å². The average Bonchev–Trinajstić information content (AvgIpc) is 3.29. The molecule has 0 aliphatic heterocycles. The lowest BCUT2D eigenvalue weighted by molar-refractivity contribution is -0.146. The molecular weight excluding hydrogens is 969 g/mol. The first-order valence-corrected chi connectivity index (χ1v) is 34.5. The molecule has 0 saturated carbocycles. The summed E-state index contributed by atoms with van der Waals surface area (Å²) in [5.74, 6) is -0.606. The van der Waals surface area contributed by atoms with Gasteiger partial charge in [-0.2, -0.15) is 0 Å². The Labute approximate surface area is 420 Å². The first-order valence-electron chi connectivity index (χ1n) is 25.5. The van der Waals surface area contributed by atoms with Crippen molar-refractivity contribution in [2.75, 3.05) is 99.0 Å². The van der Waals surface area contributed by atoms with Gasteiger partial charge in [0.15, 0.2) is 0 Å². The minimum absolute atomic E-state index is 0.00671. The Hall–Kier alpha value is -2.05. The van der Waals surface area contributed by atoms with Crippen molar-refractivity contribution in [2.45, 2.75) is 171 Å². The molecule has 0 aliphatic carbocycles. The molecule has 0 aromatic carbocycles. The topological polar surface area (TPSA) is 222 Å². The molecule has 0 heterocycles. The van der Waals surface area contributed by atoms with Gasteiger partial charge in [0.1, 0.15) is 25.9 Å². The predicted octanol–water partition coefficient (Wildman–Crippen LogP) is 8.41. The van der Waals surface area contributed by atoms with Gasteiger partial charge in [0.25, 0.3) is 0 Å². The van der Waals surface area contributed by atoms with Crippen LogP contribution in [0.3, 0.4) is 0 Å². The lowest BCUT2D eigenvalue weighted by atomic mass is 10.2. The van der Waals surface area contributed by atoms with Crippen molar-refractivity contribution in [3.8, 4) is 0 Å². The van der Waals surface area contributed by atoms with Crippen LogP contribution in [0, 0.1) is 0 Å². The van der Waals surface area contributed by atoms with Gasteiger partial charge in [0.2, 0.25) is 0 Å². The van der Waals surface area contributed by atoms with E-state index in [9.17, 15) is 19.2 Å². The molecule has 0 aliphatic rings. The highest BCUT2D eigenvalue weighted by atomic mass is 28.4. The summed E-state index contributed by atoms with van der Waals surface area (Å²) in [5, 5.41) is 5.39. The summed E-state index contributed by atoms with van der Waals surface area (Å²) >= 11 is 0. The quantitative estimate of drug-likeness (QED) is 0.0253. The largest absolute Gasteiger partial charge is 0.500 e. The van der Waals surface area contributed by atoms with Crippen LogP contribution in [-0.4, -0.2) is 164 Å². The summed E-state index contributed by atoms with van der Waals surface area (Å²) in [7, 11) is -9.71. The second kappa shape index (κ2) is 43.5. The normalized spacial score (nSPS) is 12.4. The average molecular weight is 1070 g/mol. The number of carbonyl (C=O) groups excluding carboxylic acids is 4. The monoisotopic (exact) mass is 1060 g/mol. The van der Waals surface area contributed by atoms with E-state index in [4.69, 9.17) is 63.2 Å². The Kier molecular flexibility index (Phi) is 43.5. The van der Waals surface area contributed by atoms with E-state index < -0.39 is 53.0 Å². The maximum Gasteiger partial charge on any atom is 0.500 e. The maximum absolute atomic E-state index is 12.0. The van der Waals surface area contributed by atoms with E-state index in [1.807, 2.05) is 69.2 Å². The van der Waals surface area contributed by atoms with Crippen molar-refractivity contribution in [3.05, 3.63) is 0 Å². The van der Waals surface area contributed by atoms with E-state index in [0.29, 0.717) is 130 Å². The van der Waals surface area contributed by atoms with Gasteiger partial charge in [0, 0.05) is 104 Å². The van der Waals surface area contributed by atoms with E-state index in [2.05, 4.69) is 23.7 Å². The third kappa shape index (κ3) is 36.5. The Morgan fingerprint density at radius 3 is 1.10 bits per heavy atom. The lowest BCUT2D eigenvalue weighted by Crippen LogP contribution is -2.46. The second-order valence-corrected chi connectivity index (χ2v) is 27.8. The molecular formula is C45H96N2O18Si4. The molecule has 0 bridgehead atoms. The molecule has 20 nitrogen and oxygen atoms in total. The minimum Gasteiger partial charge on any atom is -0.462 e. The van der Waals surface area contributed by atoms with Gasteiger partial charge in [0.05, 0.1) is 0 Å². The van der Waals surface area contributed by atoms with Crippen molar-refractivity contribution in [2.24, 2.45) is 0 Å². The van der Waals surface area contributed by atoms with E-state index in [0.717, 1.165) is 24.9 Å². The zero-order valence-corrected chi connectivity index (χ0v) is 49.0. The molecule has 1 unspecified atom stereocenters. The van der Waals surface area contributed by atoms with Gasteiger partial charge in [-0.25, -0.2) is 9.59 Å². The standard InChI is InChI=1S/C23H49NO9Si2.C22H47NO9Si2/c1-8-28-34(7,29-9-2)18-14-13-16-22(25)27-20-21(6)33-23(26)24-17-15-19-35(30-10-3,31-11-4)32-12-5;1-7-28-33(6,29-8-2)19-13-12-15-21(24)26-17-18-27-22(25)23-16-14-20-34(30-9-3,31-10-4)32-11-5/h21H,8-20H2,1-7H3,(H,24,26);7-20H2,1-6H3,(H,23,25). The lowest BCUT2D eigenvalue weighted by Gasteiger charge is -2.28. The highest BCUT2D eigenvalue weighted by molar-refractivity contribution is 6.66. The van der Waals surface area contributed by atoms with Gasteiger partial charge in [-0.1, -0.05) is 12.8 Å². The molecule has 0 aromatic rings. The number of hydrogen-bond donors (Lipinski definition) is 2. The molecule has 0 fully saturated rings. The fraction of sp³-hybridized carbons (Fsp3) is 0.911. The molecule has 0 spiro atoms. The first-order chi connectivity index (χ1) is 33.0. The van der Waals surface area contributed by atoms with Gasteiger partial charge in [-0.05, 0) is 127 Å². The van der Waals surface area contributed by atoms with Gasteiger partial charge in [-0.3, -0.25) is 9.59 Å². The fourth-order valence-electron chi connectivity index (χ4n) is 6.97. The number of ether oxygens (including phenoxy) is 4. The molecule has 410 valence electrons. The maximum atomic E-state index is 12.0. The minimum atomic E-state index is -2.72. The number of rotatable bonds is 44. The van der Waals surface area contributed by atoms with E-state index in [-0.39, 0.29) is 31.8 Å². The highest BCUT2D eigenvalue weighted by Crippen LogP contribution is 2.21. The van der Waals surface area contributed by atoms with Crippen LogP contribution in [0.5, 0.6) is 0 Å². The summed E-state index contributed by atoms with van der Waals surface area (Å²) in [5.41, 5.74) is 0. The van der Waals surface area contributed by atoms with Crippen molar-refractivity contribution >= 4 is 58.9 Å². The summed E-state index contributed by atoms with van der Waals surface area (Å²) < 4.78 is 78.6. The zero-order chi connectivity index (χ0) is 52.3. The molecule has 24 heteroatoms. The zero-order valence-electron chi connectivity index (χ0n) is 45.0. The Morgan fingerprint density at radius 1 is 0.406 bits per heavy atom. The fourth-order valence-corrected chi connectivity index (χ4v) is 17.2. The van der Waals surface area contributed by atoms with Gasteiger partial charge < -0.3 is 73.8 Å².